The van der Waals surface area contributed by atoms with E-state index in [0.29, 0.717) is 5.41 Å². The van der Waals surface area contributed by atoms with E-state index in [-0.39, 0.29) is 0 Å². The summed E-state index contributed by atoms with van der Waals surface area (Å²) in [5.74, 6) is 0. The summed E-state index contributed by atoms with van der Waals surface area (Å²) in [5.41, 5.74) is 1.72. The molecular formula is C9H14S. The number of rotatable bonds is 0. The number of thiophene rings is 1. The van der Waals surface area contributed by atoms with Gasteiger partial charge in [0.15, 0.2) is 0 Å². The molecule has 0 amide bonds. The molecule has 1 heterocycles. The summed E-state index contributed by atoms with van der Waals surface area (Å²) in [6.07, 6.45) is 0. The third-order valence-corrected chi connectivity index (χ3v) is 2.94. The van der Waals surface area contributed by atoms with Crippen molar-refractivity contribution in [2.45, 2.75) is 33.1 Å². The van der Waals surface area contributed by atoms with Crippen LogP contribution in [0.5, 0.6) is 0 Å². The second kappa shape index (κ2) is 2.39. The van der Waals surface area contributed by atoms with E-state index in [2.05, 4.69) is 39.1 Å². The predicted octanol–water partition coefficient (Wildman–Crippen LogP) is 3.35. The quantitative estimate of drug-likeness (QED) is 0.537. The fraction of sp³-hybridized carbons (Fsp3) is 0.556. The third kappa shape index (κ3) is 1.60. The fourth-order valence-electron chi connectivity index (χ4n) is 0.825. The maximum absolute atomic E-state index is 2.27. The lowest BCUT2D eigenvalue weighted by molar-refractivity contribution is 0.603. The van der Waals surface area contributed by atoms with Gasteiger partial charge in [0.2, 0.25) is 0 Å². The van der Waals surface area contributed by atoms with E-state index in [9.17, 15) is 0 Å². The Morgan fingerprint density at radius 3 is 2.10 bits per heavy atom. The molecule has 0 saturated heterocycles. The van der Waals surface area contributed by atoms with Crippen molar-refractivity contribution < 1.29 is 0 Å². The Morgan fingerprint density at radius 2 is 1.90 bits per heavy atom. The largest absolute Gasteiger partial charge is 0.148 e. The van der Waals surface area contributed by atoms with Gasteiger partial charge in [0.05, 0.1) is 0 Å². The summed E-state index contributed by atoms with van der Waals surface area (Å²) < 4.78 is 0. The summed E-state index contributed by atoms with van der Waals surface area (Å²) in [4.78, 5) is 1.48. The highest BCUT2D eigenvalue weighted by Crippen LogP contribution is 2.27. The fourth-order valence-corrected chi connectivity index (χ4v) is 1.81. The van der Waals surface area contributed by atoms with Crippen molar-refractivity contribution in [3.63, 3.8) is 0 Å². The van der Waals surface area contributed by atoms with E-state index in [0.717, 1.165) is 0 Å². The first-order valence-corrected chi connectivity index (χ1v) is 4.44. The van der Waals surface area contributed by atoms with Crippen LogP contribution in [0.3, 0.4) is 0 Å². The molecule has 56 valence electrons. The first-order chi connectivity index (χ1) is 4.50. The molecule has 1 rings (SSSR count). The average molecular weight is 154 g/mol. The first kappa shape index (κ1) is 7.80. The van der Waals surface area contributed by atoms with Crippen LogP contribution in [0.4, 0.5) is 0 Å². The lowest BCUT2D eigenvalue weighted by Crippen LogP contribution is -2.07. The maximum atomic E-state index is 2.27. The summed E-state index contributed by atoms with van der Waals surface area (Å²) in [7, 11) is 0. The molecule has 1 heteroatoms. The topological polar surface area (TPSA) is 0 Å². The van der Waals surface area contributed by atoms with Gasteiger partial charge in [-0.3, -0.25) is 0 Å². The summed E-state index contributed by atoms with van der Waals surface area (Å²) in [6, 6.07) is 2.27. The van der Waals surface area contributed by atoms with Crippen LogP contribution in [0, 0.1) is 6.92 Å². The molecule has 1 aromatic rings. The smallest absolute Gasteiger partial charge is 0.0101 e. The summed E-state index contributed by atoms with van der Waals surface area (Å²) in [6.45, 7) is 8.89. The Hall–Kier alpha value is -0.300. The Labute approximate surface area is 66.9 Å². The van der Waals surface area contributed by atoms with Crippen LogP contribution in [-0.2, 0) is 5.41 Å². The summed E-state index contributed by atoms with van der Waals surface area (Å²) >= 11 is 1.86. The van der Waals surface area contributed by atoms with E-state index < -0.39 is 0 Å². The molecule has 0 bridgehead atoms. The van der Waals surface area contributed by atoms with Crippen LogP contribution in [0.15, 0.2) is 11.4 Å². The molecule has 0 spiro atoms. The number of hydrogen-bond acceptors (Lipinski definition) is 1. The Kier molecular flexibility index (Phi) is 1.86. The maximum Gasteiger partial charge on any atom is 0.0101 e. The molecule has 0 unspecified atom stereocenters. The van der Waals surface area contributed by atoms with Gasteiger partial charge in [-0.15, -0.1) is 11.3 Å². The second-order valence-electron chi connectivity index (χ2n) is 3.74. The van der Waals surface area contributed by atoms with E-state index in [1.54, 1.807) is 0 Å². The van der Waals surface area contributed by atoms with Crippen molar-refractivity contribution >= 4 is 11.3 Å². The summed E-state index contributed by atoms with van der Waals surface area (Å²) in [5, 5.41) is 2.21. The van der Waals surface area contributed by atoms with E-state index in [4.69, 9.17) is 0 Å². The molecule has 1 aromatic heterocycles. The molecule has 0 fully saturated rings. The molecule has 0 aliphatic heterocycles. The Balaban J connectivity index is 2.96. The third-order valence-electron chi connectivity index (χ3n) is 1.47. The van der Waals surface area contributed by atoms with Gasteiger partial charge in [-0.2, -0.15) is 0 Å². The molecular weight excluding hydrogens is 140 g/mol. The van der Waals surface area contributed by atoms with E-state index in [1.165, 1.54) is 10.4 Å². The molecule has 0 N–H and O–H groups in total. The van der Waals surface area contributed by atoms with Gasteiger partial charge in [0.1, 0.15) is 0 Å². The lowest BCUT2D eigenvalue weighted by atomic mass is 9.94. The minimum atomic E-state index is 0.332. The van der Waals surface area contributed by atoms with Crippen LogP contribution < -0.4 is 0 Å². The molecule has 10 heavy (non-hydrogen) atoms. The van der Waals surface area contributed by atoms with Crippen LogP contribution in [0.1, 0.15) is 31.2 Å². The molecule has 0 aliphatic rings. The monoisotopic (exact) mass is 154 g/mol. The van der Waals surface area contributed by atoms with Crippen LogP contribution >= 0.6 is 11.3 Å². The minimum absolute atomic E-state index is 0.332. The zero-order valence-electron chi connectivity index (χ0n) is 7.06. The number of aryl methyl sites for hydroxylation is 1. The highest BCUT2D eigenvalue weighted by molar-refractivity contribution is 7.10. The van der Waals surface area contributed by atoms with Gasteiger partial charge >= 0.3 is 0 Å². The van der Waals surface area contributed by atoms with E-state index in [1.807, 2.05) is 11.3 Å². The normalized spacial score (nSPS) is 12.0. The molecule has 0 aromatic carbocycles. The van der Waals surface area contributed by atoms with Gasteiger partial charge < -0.3 is 0 Å². The van der Waals surface area contributed by atoms with Crippen molar-refractivity contribution in [3.8, 4) is 0 Å². The van der Waals surface area contributed by atoms with Gasteiger partial charge in [-0.25, -0.2) is 0 Å². The highest BCUT2D eigenvalue weighted by Gasteiger charge is 2.14. The van der Waals surface area contributed by atoms with Crippen molar-refractivity contribution in [2.75, 3.05) is 0 Å². The molecule has 0 nitrogen and oxygen atoms in total. The number of hydrogen-bond donors (Lipinski definition) is 0. The first-order valence-electron chi connectivity index (χ1n) is 3.56. The van der Waals surface area contributed by atoms with Crippen molar-refractivity contribution in [1.29, 1.82) is 0 Å². The zero-order chi connectivity index (χ0) is 7.78. The minimum Gasteiger partial charge on any atom is -0.148 e. The lowest BCUT2D eigenvalue weighted by Gasteiger charge is -2.14. The molecule has 0 aliphatic carbocycles. The van der Waals surface area contributed by atoms with Crippen molar-refractivity contribution in [3.05, 3.63) is 21.9 Å². The Morgan fingerprint density at radius 1 is 1.30 bits per heavy atom. The predicted molar refractivity (Wildman–Crippen MR) is 47.8 cm³/mol. The average Bonchev–Trinajstić information content (AvgIpc) is 2.11. The van der Waals surface area contributed by atoms with Crippen LogP contribution in [-0.4, -0.2) is 0 Å². The van der Waals surface area contributed by atoms with Crippen molar-refractivity contribution in [1.82, 2.24) is 0 Å². The van der Waals surface area contributed by atoms with Crippen molar-refractivity contribution in [2.24, 2.45) is 0 Å². The Bertz CT molecular complexity index is 215. The van der Waals surface area contributed by atoms with Crippen LogP contribution in [0.25, 0.3) is 0 Å². The van der Waals surface area contributed by atoms with Gasteiger partial charge in [0.25, 0.3) is 0 Å². The zero-order valence-corrected chi connectivity index (χ0v) is 7.88. The van der Waals surface area contributed by atoms with Gasteiger partial charge in [-0.05, 0) is 29.3 Å². The second-order valence-corrected chi connectivity index (χ2v) is 4.65. The molecule has 0 atom stereocenters. The van der Waals surface area contributed by atoms with Gasteiger partial charge in [-0.1, -0.05) is 20.8 Å². The SMILES string of the molecule is Cc1csc(C(C)(C)C)c1. The standard InChI is InChI=1S/C9H14S/c1-7-5-8(10-6-7)9(2,3)4/h5-6H,1-4H3. The van der Waals surface area contributed by atoms with Gasteiger partial charge in [0, 0.05) is 4.88 Å². The molecule has 0 radical (unpaired) electrons. The van der Waals surface area contributed by atoms with Crippen LogP contribution in [0.2, 0.25) is 0 Å². The molecule has 0 saturated carbocycles. The highest BCUT2D eigenvalue weighted by atomic mass is 32.1. The van der Waals surface area contributed by atoms with E-state index >= 15 is 0 Å².